The highest BCUT2D eigenvalue weighted by Gasteiger charge is 2.23. The summed E-state index contributed by atoms with van der Waals surface area (Å²) in [7, 11) is 0. The Morgan fingerprint density at radius 2 is 2.33 bits per heavy atom. The molecule has 3 rings (SSSR count). The van der Waals surface area contributed by atoms with Crippen molar-refractivity contribution in [3.8, 4) is 0 Å². The molecule has 0 bridgehead atoms. The average Bonchev–Trinajstić information content (AvgIpc) is 3.02. The molecule has 0 aliphatic carbocycles. The molecule has 0 aromatic carbocycles. The number of aryl methyl sites for hydroxylation is 1. The minimum Gasteiger partial charge on any atom is -0.308 e. The molecule has 0 amide bonds. The SMILES string of the molecule is Cc1nnc(C2CCCN2)n1Cc1ccccn1. The summed E-state index contributed by atoms with van der Waals surface area (Å²) < 4.78 is 2.16. The Balaban J connectivity index is 1.88. The van der Waals surface area contributed by atoms with Crippen LogP contribution in [0.5, 0.6) is 0 Å². The fourth-order valence-electron chi connectivity index (χ4n) is 2.41. The molecule has 94 valence electrons. The van der Waals surface area contributed by atoms with Gasteiger partial charge in [-0.15, -0.1) is 10.2 Å². The first-order valence-electron chi connectivity index (χ1n) is 6.37. The van der Waals surface area contributed by atoms with Crippen molar-refractivity contribution in [2.45, 2.75) is 32.4 Å². The lowest BCUT2D eigenvalue weighted by Gasteiger charge is -2.13. The standard InChI is InChI=1S/C13H17N5/c1-10-16-17-13(12-6-4-8-15-12)18(10)9-11-5-2-3-7-14-11/h2-3,5,7,12,15H,4,6,8-9H2,1H3. The van der Waals surface area contributed by atoms with Crippen molar-refractivity contribution in [3.63, 3.8) is 0 Å². The number of nitrogens with one attached hydrogen (secondary N) is 1. The van der Waals surface area contributed by atoms with E-state index < -0.39 is 0 Å². The van der Waals surface area contributed by atoms with Crippen molar-refractivity contribution in [1.82, 2.24) is 25.1 Å². The van der Waals surface area contributed by atoms with Crippen LogP contribution in [0.1, 0.15) is 36.2 Å². The summed E-state index contributed by atoms with van der Waals surface area (Å²) in [4.78, 5) is 4.37. The summed E-state index contributed by atoms with van der Waals surface area (Å²) in [6, 6.07) is 6.32. The van der Waals surface area contributed by atoms with Gasteiger partial charge in [0.05, 0.1) is 18.3 Å². The van der Waals surface area contributed by atoms with Crippen LogP contribution in [-0.2, 0) is 6.54 Å². The predicted molar refractivity (Wildman–Crippen MR) is 68.1 cm³/mol. The van der Waals surface area contributed by atoms with E-state index in [9.17, 15) is 0 Å². The number of nitrogens with zero attached hydrogens (tertiary/aromatic N) is 4. The van der Waals surface area contributed by atoms with Crippen LogP contribution >= 0.6 is 0 Å². The third-order valence-corrected chi connectivity index (χ3v) is 3.38. The van der Waals surface area contributed by atoms with Crippen molar-refractivity contribution in [2.75, 3.05) is 6.54 Å². The Labute approximate surface area is 106 Å². The highest BCUT2D eigenvalue weighted by Crippen LogP contribution is 2.22. The highest BCUT2D eigenvalue weighted by molar-refractivity contribution is 5.09. The predicted octanol–water partition coefficient (Wildman–Crippen LogP) is 1.45. The first-order chi connectivity index (χ1) is 8.84. The Hall–Kier alpha value is -1.75. The minimum atomic E-state index is 0.343. The van der Waals surface area contributed by atoms with Crippen LogP contribution in [0, 0.1) is 6.92 Å². The molecule has 0 saturated carbocycles. The van der Waals surface area contributed by atoms with Gasteiger partial charge in [-0.3, -0.25) is 4.98 Å². The number of hydrogen-bond donors (Lipinski definition) is 1. The van der Waals surface area contributed by atoms with Crippen molar-refractivity contribution in [3.05, 3.63) is 41.7 Å². The zero-order chi connectivity index (χ0) is 12.4. The van der Waals surface area contributed by atoms with E-state index in [1.165, 1.54) is 6.42 Å². The monoisotopic (exact) mass is 243 g/mol. The molecule has 2 aromatic heterocycles. The maximum atomic E-state index is 4.37. The van der Waals surface area contributed by atoms with E-state index in [1.54, 1.807) is 0 Å². The molecular weight excluding hydrogens is 226 g/mol. The minimum absolute atomic E-state index is 0.343. The molecule has 2 aromatic rings. The average molecular weight is 243 g/mol. The molecule has 1 aliphatic heterocycles. The number of hydrogen-bond acceptors (Lipinski definition) is 4. The van der Waals surface area contributed by atoms with Gasteiger partial charge in [0, 0.05) is 6.20 Å². The largest absolute Gasteiger partial charge is 0.308 e. The number of aromatic nitrogens is 4. The van der Waals surface area contributed by atoms with Crippen molar-refractivity contribution in [2.24, 2.45) is 0 Å². The molecule has 1 unspecified atom stereocenters. The molecule has 0 spiro atoms. The van der Waals surface area contributed by atoms with Gasteiger partial charge >= 0.3 is 0 Å². The van der Waals surface area contributed by atoms with Crippen LogP contribution in [0.4, 0.5) is 0 Å². The normalized spacial score (nSPS) is 19.3. The van der Waals surface area contributed by atoms with Crippen LogP contribution in [0.15, 0.2) is 24.4 Å². The van der Waals surface area contributed by atoms with E-state index in [-0.39, 0.29) is 0 Å². The Morgan fingerprint density at radius 1 is 1.39 bits per heavy atom. The highest BCUT2D eigenvalue weighted by atomic mass is 15.3. The second-order valence-corrected chi connectivity index (χ2v) is 4.66. The van der Waals surface area contributed by atoms with Gasteiger partial charge in [0.15, 0.2) is 5.82 Å². The molecule has 18 heavy (non-hydrogen) atoms. The van der Waals surface area contributed by atoms with Crippen LogP contribution in [0.25, 0.3) is 0 Å². The zero-order valence-corrected chi connectivity index (χ0v) is 10.5. The molecule has 5 heteroatoms. The number of pyridine rings is 1. The summed E-state index contributed by atoms with van der Waals surface area (Å²) >= 11 is 0. The van der Waals surface area contributed by atoms with Crippen LogP contribution < -0.4 is 5.32 Å². The summed E-state index contributed by atoms with van der Waals surface area (Å²) in [6.45, 7) is 3.81. The lowest BCUT2D eigenvalue weighted by molar-refractivity contribution is 0.557. The Morgan fingerprint density at radius 3 is 3.06 bits per heavy atom. The number of rotatable bonds is 3. The van der Waals surface area contributed by atoms with Crippen LogP contribution in [0.3, 0.4) is 0 Å². The topological polar surface area (TPSA) is 55.6 Å². The Bertz CT molecular complexity index is 513. The van der Waals surface area contributed by atoms with E-state index in [0.717, 1.165) is 36.9 Å². The smallest absolute Gasteiger partial charge is 0.150 e. The molecule has 0 radical (unpaired) electrons. The molecule has 1 atom stereocenters. The maximum Gasteiger partial charge on any atom is 0.150 e. The van der Waals surface area contributed by atoms with Gasteiger partial charge in [-0.1, -0.05) is 6.07 Å². The van der Waals surface area contributed by atoms with Crippen molar-refractivity contribution in [1.29, 1.82) is 0 Å². The third kappa shape index (κ3) is 2.13. The molecular formula is C13H17N5. The van der Waals surface area contributed by atoms with Gasteiger partial charge in [-0.05, 0) is 38.4 Å². The quantitative estimate of drug-likeness (QED) is 0.886. The third-order valence-electron chi connectivity index (χ3n) is 3.38. The lowest BCUT2D eigenvalue weighted by atomic mass is 10.2. The summed E-state index contributed by atoms with van der Waals surface area (Å²) in [5.74, 6) is 1.99. The van der Waals surface area contributed by atoms with Crippen molar-refractivity contribution < 1.29 is 0 Å². The van der Waals surface area contributed by atoms with Crippen LogP contribution in [0.2, 0.25) is 0 Å². The summed E-state index contributed by atoms with van der Waals surface area (Å²) in [6.07, 6.45) is 4.17. The van der Waals surface area contributed by atoms with Gasteiger partial charge in [-0.2, -0.15) is 0 Å². The van der Waals surface area contributed by atoms with E-state index in [4.69, 9.17) is 0 Å². The van der Waals surface area contributed by atoms with E-state index in [0.29, 0.717) is 6.04 Å². The Kier molecular flexibility index (Phi) is 3.06. The summed E-state index contributed by atoms with van der Waals surface area (Å²) in [5.41, 5.74) is 1.04. The molecule has 1 aliphatic rings. The second kappa shape index (κ2) is 4.86. The van der Waals surface area contributed by atoms with Gasteiger partial charge in [-0.25, -0.2) is 0 Å². The van der Waals surface area contributed by atoms with Gasteiger partial charge in [0.25, 0.3) is 0 Å². The molecule has 1 fully saturated rings. The van der Waals surface area contributed by atoms with Gasteiger partial charge in [0.2, 0.25) is 0 Å². The molecule has 5 nitrogen and oxygen atoms in total. The lowest BCUT2D eigenvalue weighted by Crippen LogP contribution is -2.19. The van der Waals surface area contributed by atoms with Crippen LogP contribution in [-0.4, -0.2) is 26.3 Å². The zero-order valence-electron chi connectivity index (χ0n) is 10.5. The molecule has 3 heterocycles. The molecule has 1 N–H and O–H groups in total. The van der Waals surface area contributed by atoms with Crippen molar-refractivity contribution >= 4 is 0 Å². The van der Waals surface area contributed by atoms with E-state index in [2.05, 4.69) is 25.1 Å². The van der Waals surface area contributed by atoms with E-state index in [1.807, 2.05) is 31.3 Å². The maximum absolute atomic E-state index is 4.37. The molecule has 1 saturated heterocycles. The van der Waals surface area contributed by atoms with E-state index >= 15 is 0 Å². The fraction of sp³-hybridized carbons (Fsp3) is 0.462. The van der Waals surface area contributed by atoms with Gasteiger partial charge in [0.1, 0.15) is 5.82 Å². The fourth-order valence-corrected chi connectivity index (χ4v) is 2.41. The second-order valence-electron chi connectivity index (χ2n) is 4.66. The van der Waals surface area contributed by atoms with Gasteiger partial charge < -0.3 is 9.88 Å². The summed E-state index contributed by atoms with van der Waals surface area (Å²) in [5, 5.41) is 12.0. The first kappa shape index (κ1) is 11.3. The first-order valence-corrected chi connectivity index (χ1v) is 6.37.